The van der Waals surface area contributed by atoms with Gasteiger partial charge in [-0.25, -0.2) is 0 Å². The summed E-state index contributed by atoms with van der Waals surface area (Å²) in [4.78, 5) is 23.5. The number of hydrogen-bond donors (Lipinski definition) is 0. The summed E-state index contributed by atoms with van der Waals surface area (Å²) in [6, 6.07) is 0. The number of carbonyl (C=O) groups excluding carboxylic acids is 2. The fourth-order valence-corrected chi connectivity index (χ4v) is 3.19. The molecule has 1 amide bonds. The molecular formula is C16H17F6NO4. The number of carbonyl (C=O) groups is 2. The average molecular weight is 401 g/mol. The number of halogens is 6. The van der Waals surface area contributed by atoms with Crippen molar-refractivity contribution in [3.63, 3.8) is 0 Å². The first-order chi connectivity index (χ1) is 12.3. The highest BCUT2D eigenvalue weighted by molar-refractivity contribution is 5.96. The Labute approximate surface area is 150 Å². The molecule has 0 bridgehead atoms. The molecule has 152 valence electrons. The predicted octanol–water partition coefficient (Wildman–Crippen LogP) is 3.26. The van der Waals surface area contributed by atoms with Gasteiger partial charge in [-0.2, -0.15) is 26.3 Å². The highest BCUT2D eigenvalue weighted by Gasteiger charge is 2.78. The van der Waals surface area contributed by atoms with Gasteiger partial charge in [0.25, 0.3) is 5.91 Å². The maximum absolute atomic E-state index is 13.4. The van der Waals surface area contributed by atoms with Crippen LogP contribution in [0.2, 0.25) is 0 Å². The van der Waals surface area contributed by atoms with Crippen LogP contribution < -0.4 is 0 Å². The second kappa shape index (κ2) is 6.84. The van der Waals surface area contributed by atoms with Gasteiger partial charge in [-0.05, 0) is 31.8 Å². The van der Waals surface area contributed by atoms with Crippen molar-refractivity contribution < 1.29 is 45.4 Å². The summed E-state index contributed by atoms with van der Waals surface area (Å²) in [5.41, 5.74) is -6.78. The van der Waals surface area contributed by atoms with Crippen LogP contribution >= 0.6 is 0 Å². The molecule has 0 unspecified atom stereocenters. The second-order valence-corrected chi connectivity index (χ2v) is 6.37. The van der Waals surface area contributed by atoms with Gasteiger partial charge in [0.15, 0.2) is 0 Å². The maximum atomic E-state index is 13.4. The van der Waals surface area contributed by atoms with E-state index in [9.17, 15) is 35.9 Å². The number of esters is 1. The zero-order valence-electron chi connectivity index (χ0n) is 14.1. The van der Waals surface area contributed by atoms with Crippen molar-refractivity contribution in [3.05, 3.63) is 24.8 Å². The van der Waals surface area contributed by atoms with E-state index in [1.807, 2.05) is 0 Å². The minimum Gasteiger partial charge on any atom is -0.454 e. The third kappa shape index (κ3) is 3.56. The number of alkyl halides is 6. The molecule has 0 radical (unpaired) electrons. The molecule has 27 heavy (non-hydrogen) atoms. The van der Waals surface area contributed by atoms with Crippen LogP contribution in [0.25, 0.3) is 0 Å². The van der Waals surface area contributed by atoms with Crippen molar-refractivity contribution in [2.75, 3.05) is 13.2 Å². The van der Waals surface area contributed by atoms with Crippen LogP contribution in [0.4, 0.5) is 26.3 Å². The summed E-state index contributed by atoms with van der Waals surface area (Å²) in [6.45, 7) is 3.71. The summed E-state index contributed by atoms with van der Waals surface area (Å²) in [5.74, 6) is -3.12. The Morgan fingerprint density at radius 2 is 1.70 bits per heavy atom. The van der Waals surface area contributed by atoms with Crippen LogP contribution in [0.15, 0.2) is 24.8 Å². The van der Waals surface area contributed by atoms with Crippen LogP contribution in [0.3, 0.4) is 0 Å². The third-order valence-corrected chi connectivity index (χ3v) is 4.58. The molecule has 2 fully saturated rings. The molecule has 2 rings (SSSR count). The normalized spacial score (nSPS) is 22.7. The summed E-state index contributed by atoms with van der Waals surface area (Å²) in [6.07, 6.45) is -8.84. The summed E-state index contributed by atoms with van der Waals surface area (Å²) in [7, 11) is 0. The lowest BCUT2D eigenvalue weighted by molar-refractivity contribution is -0.422. The highest BCUT2D eigenvalue weighted by atomic mass is 19.4. The van der Waals surface area contributed by atoms with Gasteiger partial charge in [-0.3, -0.25) is 14.5 Å². The first-order valence-electron chi connectivity index (χ1n) is 7.92. The Hall–Kier alpha value is -2.04. The molecule has 0 aromatic heterocycles. The standard InChI is InChI=1S/C16H17F6NO4/c1-3-13(6-4-5-7-13)27-11(24)8-23-12(25)10(2)9-26-14(23,15(17,18)19)16(20,21)22/h3H,1-2,4-9H2. The van der Waals surface area contributed by atoms with Crippen LogP contribution in [-0.4, -0.2) is 53.6 Å². The Balaban J connectivity index is 2.38. The molecule has 2 aliphatic rings. The van der Waals surface area contributed by atoms with Crippen molar-refractivity contribution in [1.82, 2.24) is 4.90 Å². The summed E-state index contributed by atoms with van der Waals surface area (Å²) < 4.78 is 89.5. The SMILES string of the molecule is C=CC1(OC(=O)CN2C(=O)C(=C)COC2(C(F)(F)F)C(F)(F)F)CCCC1. The molecule has 1 saturated carbocycles. The van der Waals surface area contributed by atoms with Gasteiger partial charge < -0.3 is 9.47 Å². The van der Waals surface area contributed by atoms with Crippen molar-refractivity contribution in [2.45, 2.75) is 49.4 Å². The van der Waals surface area contributed by atoms with E-state index in [-0.39, 0.29) is 0 Å². The van der Waals surface area contributed by atoms with Crippen molar-refractivity contribution in [1.29, 1.82) is 0 Å². The molecule has 1 aliphatic heterocycles. The van der Waals surface area contributed by atoms with Gasteiger partial charge in [0.2, 0.25) is 0 Å². The Morgan fingerprint density at radius 3 is 2.15 bits per heavy atom. The minimum absolute atomic E-state index is 0.336. The quantitative estimate of drug-likeness (QED) is 0.314. The van der Waals surface area contributed by atoms with Crippen molar-refractivity contribution in [2.24, 2.45) is 0 Å². The van der Waals surface area contributed by atoms with Crippen LogP contribution in [0.1, 0.15) is 25.7 Å². The van der Waals surface area contributed by atoms with Gasteiger partial charge in [0.05, 0.1) is 6.61 Å². The number of hydrogen-bond acceptors (Lipinski definition) is 4. The smallest absolute Gasteiger partial charge is 0.446 e. The molecular weight excluding hydrogens is 384 g/mol. The summed E-state index contributed by atoms with van der Waals surface area (Å²) in [5, 5.41) is 0. The molecule has 5 nitrogen and oxygen atoms in total. The van der Waals surface area contributed by atoms with Gasteiger partial charge in [0, 0.05) is 5.57 Å². The van der Waals surface area contributed by atoms with E-state index in [1.54, 1.807) is 0 Å². The molecule has 0 N–H and O–H groups in total. The first kappa shape index (κ1) is 21.3. The van der Waals surface area contributed by atoms with Crippen LogP contribution in [0, 0.1) is 0 Å². The zero-order valence-corrected chi connectivity index (χ0v) is 14.1. The Morgan fingerprint density at radius 1 is 1.19 bits per heavy atom. The second-order valence-electron chi connectivity index (χ2n) is 6.37. The number of rotatable bonds is 4. The molecule has 1 aliphatic carbocycles. The lowest BCUT2D eigenvalue weighted by Crippen LogP contribution is -2.73. The van der Waals surface area contributed by atoms with E-state index in [0.717, 1.165) is 0 Å². The Kier molecular flexibility index (Phi) is 5.39. The van der Waals surface area contributed by atoms with E-state index in [0.29, 0.717) is 25.7 Å². The predicted molar refractivity (Wildman–Crippen MR) is 79.1 cm³/mol. The van der Waals surface area contributed by atoms with Crippen molar-refractivity contribution >= 4 is 11.9 Å². The molecule has 0 atom stereocenters. The fourth-order valence-electron chi connectivity index (χ4n) is 3.19. The summed E-state index contributed by atoms with van der Waals surface area (Å²) >= 11 is 0. The van der Waals surface area contributed by atoms with E-state index >= 15 is 0 Å². The number of ether oxygens (including phenoxy) is 2. The largest absolute Gasteiger partial charge is 0.454 e. The minimum atomic E-state index is -6.05. The van der Waals surface area contributed by atoms with Gasteiger partial charge >= 0.3 is 24.0 Å². The van der Waals surface area contributed by atoms with Gasteiger partial charge in [-0.15, -0.1) is 0 Å². The molecule has 0 aromatic rings. The highest BCUT2D eigenvalue weighted by Crippen LogP contribution is 2.50. The van der Waals surface area contributed by atoms with E-state index in [4.69, 9.17) is 4.74 Å². The first-order valence-corrected chi connectivity index (χ1v) is 7.92. The molecule has 1 saturated heterocycles. The lowest BCUT2D eigenvalue weighted by Gasteiger charge is -2.47. The molecule has 0 spiro atoms. The Bertz CT molecular complexity index is 634. The van der Waals surface area contributed by atoms with Gasteiger partial charge in [0.1, 0.15) is 12.1 Å². The molecule has 0 aromatic carbocycles. The topological polar surface area (TPSA) is 55.8 Å². The molecule has 1 heterocycles. The average Bonchev–Trinajstić information content (AvgIpc) is 2.98. The monoisotopic (exact) mass is 401 g/mol. The maximum Gasteiger partial charge on any atom is 0.446 e. The van der Waals surface area contributed by atoms with E-state index in [1.165, 1.54) is 6.08 Å². The number of nitrogens with zero attached hydrogens (tertiary/aromatic N) is 1. The van der Waals surface area contributed by atoms with E-state index < -0.39 is 59.2 Å². The number of amides is 1. The zero-order chi connectivity index (χ0) is 20.7. The molecule has 11 heteroatoms. The van der Waals surface area contributed by atoms with Gasteiger partial charge in [-0.1, -0.05) is 13.2 Å². The van der Waals surface area contributed by atoms with Crippen LogP contribution in [0.5, 0.6) is 0 Å². The third-order valence-electron chi connectivity index (χ3n) is 4.58. The van der Waals surface area contributed by atoms with E-state index in [2.05, 4.69) is 17.9 Å². The van der Waals surface area contributed by atoms with Crippen molar-refractivity contribution in [3.8, 4) is 0 Å². The lowest BCUT2D eigenvalue weighted by atomic mass is 10.0. The fraction of sp³-hybridized carbons (Fsp3) is 0.625. The van der Waals surface area contributed by atoms with Crippen LogP contribution in [-0.2, 0) is 19.1 Å².